The minimum absolute atomic E-state index is 0.105. The summed E-state index contributed by atoms with van der Waals surface area (Å²) >= 11 is 0. The fraction of sp³-hybridized carbons (Fsp3) is 0.571. The van der Waals surface area contributed by atoms with Gasteiger partial charge in [-0.25, -0.2) is 0 Å². The summed E-state index contributed by atoms with van der Waals surface area (Å²) in [6.07, 6.45) is 5.81. The molecule has 23 heavy (non-hydrogen) atoms. The molecule has 2 aromatic rings. The van der Waals surface area contributed by atoms with Gasteiger partial charge in [-0.2, -0.15) is 0 Å². The smallest absolute Gasteiger partial charge is 0.145 e. The maximum Gasteiger partial charge on any atom is 0.145 e. The molecule has 2 nitrogen and oxygen atoms in total. The van der Waals surface area contributed by atoms with E-state index in [4.69, 9.17) is 4.52 Å². The van der Waals surface area contributed by atoms with Crippen LogP contribution in [0.4, 0.5) is 0 Å². The molecule has 3 aliphatic carbocycles. The molecule has 1 aromatic heterocycles. The molecule has 3 unspecified atom stereocenters. The molecular weight excluding hydrogens is 282 g/mol. The van der Waals surface area contributed by atoms with Gasteiger partial charge < -0.3 is 4.52 Å². The van der Waals surface area contributed by atoms with Crippen LogP contribution in [0.2, 0.25) is 0 Å². The Morgan fingerprint density at radius 2 is 1.87 bits per heavy atom. The summed E-state index contributed by atoms with van der Waals surface area (Å²) in [4.78, 5) is 0. The Kier molecular flexibility index (Phi) is 2.58. The predicted molar refractivity (Wildman–Crippen MR) is 90.2 cm³/mol. The molecule has 2 heteroatoms. The van der Waals surface area contributed by atoms with Crippen LogP contribution in [-0.2, 0) is 11.8 Å². The second-order valence-corrected chi connectivity index (χ2v) is 8.99. The summed E-state index contributed by atoms with van der Waals surface area (Å²) in [6, 6.07) is 11.2. The molecule has 0 amide bonds. The van der Waals surface area contributed by atoms with Crippen LogP contribution in [0.1, 0.15) is 56.4 Å². The Bertz CT molecular complexity index is 746. The van der Waals surface area contributed by atoms with Gasteiger partial charge in [0.15, 0.2) is 0 Å². The Morgan fingerprint density at radius 1 is 1.09 bits per heavy atom. The number of benzene rings is 1. The van der Waals surface area contributed by atoms with Crippen LogP contribution < -0.4 is 0 Å². The zero-order chi connectivity index (χ0) is 15.8. The highest BCUT2D eigenvalue weighted by molar-refractivity contribution is 5.35. The van der Waals surface area contributed by atoms with E-state index in [2.05, 4.69) is 56.3 Å². The van der Waals surface area contributed by atoms with Gasteiger partial charge in [0, 0.05) is 11.0 Å². The van der Waals surface area contributed by atoms with Crippen LogP contribution >= 0.6 is 0 Å². The van der Waals surface area contributed by atoms with Crippen LogP contribution in [0.5, 0.6) is 0 Å². The van der Waals surface area contributed by atoms with Crippen LogP contribution in [0.15, 0.2) is 41.1 Å². The van der Waals surface area contributed by atoms with Gasteiger partial charge in [0.1, 0.15) is 5.76 Å². The topological polar surface area (TPSA) is 26.0 Å². The Balaban J connectivity index is 1.51. The van der Waals surface area contributed by atoms with Gasteiger partial charge in [-0.3, -0.25) is 0 Å². The molecular formula is C21H25NO. The van der Waals surface area contributed by atoms with E-state index in [0.717, 1.165) is 29.9 Å². The van der Waals surface area contributed by atoms with Crippen molar-refractivity contribution in [3.8, 4) is 0 Å². The summed E-state index contributed by atoms with van der Waals surface area (Å²) in [5, 5.41) is 4.11. The van der Waals surface area contributed by atoms with Gasteiger partial charge in [-0.15, -0.1) is 0 Å². The summed E-state index contributed by atoms with van der Waals surface area (Å²) in [7, 11) is 0. The maximum atomic E-state index is 5.68. The molecule has 5 rings (SSSR count). The first-order valence-corrected chi connectivity index (χ1v) is 9.00. The average Bonchev–Trinajstić information content (AvgIpc) is 2.99. The highest BCUT2D eigenvalue weighted by Gasteiger charge is 2.63. The minimum Gasteiger partial charge on any atom is -0.361 e. The van der Waals surface area contributed by atoms with Crippen molar-refractivity contribution in [1.29, 1.82) is 0 Å². The second kappa shape index (κ2) is 4.28. The quantitative estimate of drug-likeness (QED) is 0.744. The van der Waals surface area contributed by atoms with Crippen LogP contribution in [0, 0.1) is 23.2 Å². The molecule has 3 aliphatic rings. The van der Waals surface area contributed by atoms with Crippen LogP contribution in [0.3, 0.4) is 0 Å². The average molecular weight is 307 g/mol. The van der Waals surface area contributed by atoms with E-state index >= 15 is 0 Å². The molecule has 120 valence electrons. The summed E-state index contributed by atoms with van der Waals surface area (Å²) < 4.78 is 5.68. The fourth-order valence-corrected chi connectivity index (χ4v) is 6.32. The third-order valence-electron chi connectivity index (χ3n) is 7.26. The van der Waals surface area contributed by atoms with Crippen LogP contribution in [0.25, 0.3) is 0 Å². The molecule has 2 fully saturated rings. The summed E-state index contributed by atoms with van der Waals surface area (Å²) in [5.41, 5.74) is 3.41. The lowest BCUT2D eigenvalue weighted by Gasteiger charge is -2.51. The summed E-state index contributed by atoms with van der Waals surface area (Å²) in [5.74, 6) is 4.40. The molecule has 0 N–H and O–H groups in total. The van der Waals surface area contributed by atoms with E-state index in [0.29, 0.717) is 11.3 Å². The monoisotopic (exact) mass is 307 g/mol. The number of rotatable bonds is 1. The second-order valence-electron chi connectivity index (χ2n) is 8.99. The highest BCUT2D eigenvalue weighted by Crippen LogP contribution is 2.70. The minimum atomic E-state index is 0.105. The number of nitrogens with zero attached hydrogens (tertiary/aromatic N) is 1. The third kappa shape index (κ3) is 1.78. The Hall–Kier alpha value is -1.57. The molecule has 0 radical (unpaired) electrons. The SMILES string of the molecule is CC1(C)c2oncc2C[C@]2(C)CC3C(C[C@@H]12)C3c1ccccc1. The molecule has 0 bridgehead atoms. The number of hydrogen-bond acceptors (Lipinski definition) is 2. The van der Waals surface area contributed by atoms with Gasteiger partial charge in [0.05, 0.1) is 6.20 Å². The van der Waals surface area contributed by atoms with Gasteiger partial charge in [0.2, 0.25) is 0 Å². The van der Waals surface area contributed by atoms with Gasteiger partial charge in [-0.05, 0) is 53.9 Å². The number of hydrogen-bond donors (Lipinski definition) is 0. The molecule has 1 aromatic carbocycles. The van der Waals surface area contributed by atoms with E-state index in [9.17, 15) is 0 Å². The summed E-state index contributed by atoms with van der Waals surface area (Å²) in [6.45, 7) is 7.27. The largest absolute Gasteiger partial charge is 0.361 e. The zero-order valence-electron chi connectivity index (χ0n) is 14.3. The van der Waals surface area contributed by atoms with E-state index < -0.39 is 0 Å². The predicted octanol–water partition coefficient (Wildman–Crippen LogP) is 4.95. The van der Waals surface area contributed by atoms with Crippen LogP contribution in [-0.4, -0.2) is 5.16 Å². The van der Waals surface area contributed by atoms with Gasteiger partial charge in [-0.1, -0.05) is 56.3 Å². The normalized spacial score (nSPS) is 40.0. The first-order valence-electron chi connectivity index (χ1n) is 9.00. The molecule has 0 spiro atoms. The van der Waals surface area contributed by atoms with E-state index in [1.165, 1.54) is 18.4 Å². The van der Waals surface area contributed by atoms with Crippen molar-refractivity contribution in [2.24, 2.45) is 23.2 Å². The number of fused-ring (bicyclic) bond motifs is 3. The van der Waals surface area contributed by atoms with Crippen molar-refractivity contribution >= 4 is 0 Å². The lowest BCUT2D eigenvalue weighted by Crippen LogP contribution is -2.48. The van der Waals surface area contributed by atoms with Gasteiger partial charge in [0.25, 0.3) is 0 Å². The third-order valence-corrected chi connectivity index (χ3v) is 7.26. The van der Waals surface area contributed by atoms with E-state index in [1.807, 2.05) is 6.20 Å². The van der Waals surface area contributed by atoms with Crippen molar-refractivity contribution in [1.82, 2.24) is 5.16 Å². The van der Waals surface area contributed by atoms with Crippen molar-refractivity contribution in [2.75, 3.05) is 0 Å². The zero-order valence-corrected chi connectivity index (χ0v) is 14.3. The molecule has 0 aliphatic heterocycles. The lowest BCUT2D eigenvalue weighted by atomic mass is 9.52. The van der Waals surface area contributed by atoms with Crippen molar-refractivity contribution in [2.45, 2.75) is 51.4 Å². The molecule has 5 atom stereocenters. The van der Waals surface area contributed by atoms with Gasteiger partial charge >= 0.3 is 0 Å². The lowest BCUT2D eigenvalue weighted by molar-refractivity contribution is 0.0235. The first-order chi connectivity index (χ1) is 11.0. The Labute approximate surface area is 138 Å². The fourth-order valence-electron chi connectivity index (χ4n) is 6.32. The standard InChI is InChI=1S/C21H25NO/c1-20(2)17-9-15-16(18(15)13-7-5-4-6-8-13)11-21(17,3)10-14-12-22-23-19(14)20/h4-8,12,15-18H,9-11H2,1-3H3/t15?,16?,17-,18?,21+/m0/s1. The first kappa shape index (κ1) is 13.8. The highest BCUT2D eigenvalue weighted by atomic mass is 16.5. The molecule has 0 saturated heterocycles. The van der Waals surface area contributed by atoms with E-state index in [-0.39, 0.29) is 5.41 Å². The van der Waals surface area contributed by atoms with E-state index in [1.54, 1.807) is 5.56 Å². The van der Waals surface area contributed by atoms with Crippen molar-refractivity contribution in [3.63, 3.8) is 0 Å². The maximum absolute atomic E-state index is 5.68. The molecule has 1 heterocycles. The number of aromatic nitrogens is 1. The van der Waals surface area contributed by atoms with Crippen molar-refractivity contribution < 1.29 is 4.52 Å². The molecule has 2 saturated carbocycles. The van der Waals surface area contributed by atoms with Crippen molar-refractivity contribution in [3.05, 3.63) is 53.4 Å². The Morgan fingerprint density at radius 3 is 2.65 bits per heavy atom.